The number of amides is 1. The van der Waals surface area contributed by atoms with Gasteiger partial charge in [-0.25, -0.2) is 4.79 Å². The topological polar surface area (TPSA) is 93.3 Å². The first kappa shape index (κ1) is 20.8. The summed E-state index contributed by atoms with van der Waals surface area (Å²) >= 11 is 0. The third-order valence-electron chi connectivity index (χ3n) is 4.13. The molecule has 28 heavy (non-hydrogen) atoms. The van der Waals surface area contributed by atoms with Crippen molar-refractivity contribution in [2.24, 2.45) is 0 Å². The van der Waals surface area contributed by atoms with Crippen LogP contribution in [0.25, 0.3) is 11.8 Å². The fourth-order valence-electron chi connectivity index (χ4n) is 2.76. The summed E-state index contributed by atoms with van der Waals surface area (Å²) < 4.78 is 12.3. The van der Waals surface area contributed by atoms with E-state index in [1.165, 1.54) is 13.1 Å². The van der Waals surface area contributed by atoms with Gasteiger partial charge in [-0.15, -0.1) is 0 Å². The van der Waals surface area contributed by atoms with E-state index in [4.69, 9.17) is 9.47 Å². The molecule has 1 heterocycles. The number of aryl methyl sites for hydroxylation is 1. The molecule has 0 unspecified atom stereocenters. The van der Waals surface area contributed by atoms with Crippen LogP contribution in [0.5, 0.6) is 5.75 Å². The maximum atomic E-state index is 12.1. The minimum Gasteiger partial charge on any atom is -0.494 e. The molecule has 1 aromatic carbocycles. The quantitative estimate of drug-likeness (QED) is 0.452. The number of nitrogens with one attached hydrogen (secondary N) is 1. The van der Waals surface area contributed by atoms with Crippen LogP contribution < -0.4 is 10.1 Å². The molecule has 0 atom stereocenters. The van der Waals surface area contributed by atoms with Gasteiger partial charge in [-0.3, -0.25) is 4.79 Å². The number of nitrogens with zero attached hydrogens (tertiary/aromatic N) is 2. The Morgan fingerprint density at radius 3 is 2.50 bits per heavy atom. The molecule has 2 aromatic rings. The van der Waals surface area contributed by atoms with E-state index in [0.717, 1.165) is 28.4 Å². The third kappa shape index (κ3) is 4.80. The third-order valence-corrected chi connectivity index (χ3v) is 4.13. The molecule has 2 rings (SSSR count). The summed E-state index contributed by atoms with van der Waals surface area (Å²) in [7, 11) is 1.44. The highest BCUT2D eigenvalue weighted by atomic mass is 16.5. The molecular formula is C21H23N3O4. The van der Waals surface area contributed by atoms with E-state index >= 15 is 0 Å². The lowest BCUT2D eigenvalue weighted by molar-refractivity contribution is -0.144. The maximum absolute atomic E-state index is 12.1. The Hall–Kier alpha value is -3.53. The van der Waals surface area contributed by atoms with Crippen LogP contribution in [0.15, 0.2) is 35.9 Å². The fraction of sp³-hybridized carbons (Fsp3) is 0.286. The molecule has 1 amide bonds. The van der Waals surface area contributed by atoms with Crippen LogP contribution in [0.3, 0.4) is 0 Å². The van der Waals surface area contributed by atoms with Crippen LogP contribution in [0.2, 0.25) is 0 Å². The Balaban J connectivity index is 2.30. The number of rotatable bonds is 7. The van der Waals surface area contributed by atoms with Crippen molar-refractivity contribution in [1.29, 1.82) is 5.26 Å². The van der Waals surface area contributed by atoms with Crippen molar-refractivity contribution in [2.45, 2.75) is 20.8 Å². The zero-order chi connectivity index (χ0) is 20.7. The number of nitriles is 1. The second-order valence-electron chi connectivity index (χ2n) is 6.01. The van der Waals surface area contributed by atoms with Crippen LogP contribution >= 0.6 is 0 Å². The van der Waals surface area contributed by atoms with Crippen LogP contribution in [-0.4, -0.2) is 36.7 Å². The van der Waals surface area contributed by atoms with Gasteiger partial charge in [0.1, 0.15) is 17.4 Å². The highest BCUT2D eigenvalue weighted by Crippen LogP contribution is 2.24. The Bertz CT molecular complexity index is 934. The largest absolute Gasteiger partial charge is 0.494 e. The number of hydrogen-bond acceptors (Lipinski definition) is 5. The summed E-state index contributed by atoms with van der Waals surface area (Å²) in [4.78, 5) is 23.3. The van der Waals surface area contributed by atoms with Gasteiger partial charge in [0.05, 0.1) is 6.61 Å². The van der Waals surface area contributed by atoms with Gasteiger partial charge in [-0.2, -0.15) is 5.26 Å². The lowest BCUT2D eigenvalue weighted by atomic mass is 10.1. The number of hydrogen-bond donors (Lipinski definition) is 1. The monoisotopic (exact) mass is 381 g/mol. The fourth-order valence-corrected chi connectivity index (χ4v) is 2.76. The number of benzene rings is 1. The summed E-state index contributed by atoms with van der Waals surface area (Å²) in [6.07, 6.45) is 1.47. The van der Waals surface area contributed by atoms with Crippen molar-refractivity contribution in [3.63, 3.8) is 0 Å². The molecule has 7 nitrogen and oxygen atoms in total. The summed E-state index contributed by atoms with van der Waals surface area (Å²) in [6, 6.07) is 11.4. The number of carbonyl (C=O) groups is 2. The van der Waals surface area contributed by atoms with Crippen molar-refractivity contribution in [1.82, 2.24) is 9.88 Å². The van der Waals surface area contributed by atoms with Gasteiger partial charge >= 0.3 is 5.97 Å². The van der Waals surface area contributed by atoms with Crippen molar-refractivity contribution in [3.05, 3.63) is 52.9 Å². The molecule has 0 spiro atoms. The van der Waals surface area contributed by atoms with E-state index in [2.05, 4.69) is 5.32 Å². The van der Waals surface area contributed by atoms with Gasteiger partial charge in [0, 0.05) is 24.1 Å². The van der Waals surface area contributed by atoms with Crippen molar-refractivity contribution in [3.8, 4) is 17.5 Å². The first-order valence-corrected chi connectivity index (χ1v) is 8.83. The standard InChI is InChI=1S/C21H23N3O4/c1-5-27-19-8-6-18(7-9-19)24-14(2)10-16(15(24)3)11-17(12-22)21(26)28-13-20(25)23-4/h6-11H,5,13H2,1-4H3,(H,23,25)/b17-11+. The van der Waals surface area contributed by atoms with Gasteiger partial charge in [0.2, 0.25) is 0 Å². The Labute approximate surface area is 164 Å². The number of ether oxygens (including phenoxy) is 2. The van der Waals surface area contributed by atoms with Crippen molar-refractivity contribution >= 4 is 18.0 Å². The molecule has 1 N–H and O–H groups in total. The molecule has 1 aromatic heterocycles. The molecule has 7 heteroatoms. The predicted octanol–water partition coefficient (Wildman–Crippen LogP) is 2.69. The van der Waals surface area contributed by atoms with Crippen LogP contribution in [0.1, 0.15) is 23.9 Å². The lowest BCUT2D eigenvalue weighted by Crippen LogP contribution is -2.25. The van der Waals surface area contributed by atoms with Crippen molar-refractivity contribution < 1.29 is 19.1 Å². The maximum Gasteiger partial charge on any atom is 0.349 e. The summed E-state index contributed by atoms with van der Waals surface area (Å²) in [5.41, 5.74) is 3.31. The molecule has 0 saturated heterocycles. The van der Waals surface area contributed by atoms with Gasteiger partial charge in [0.15, 0.2) is 6.61 Å². The molecule has 0 saturated carbocycles. The smallest absolute Gasteiger partial charge is 0.349 e. The Morgan fingerprint density at radius 1 is 1.25 bits per heavy atom. The number of aromatic nitrogens is 1. The van der Waals surface area contributed by atoms with Gasteiger partial charge in [-0.05, 0) is 62.7 Å². The average Bonchev–Trinajstić information content (AvgIpc) is 2.98. The number of likely N-dealkylation sites (N-methyl/N-ethyl adjacent to an activating group) is 1. The zero-order valence-electron chi connectivity index (χ0n) is 16.4. The van der Waals surface area contributed by atoms with Gasteiger partial charge in [-0.1, -0.05) is 0 Å². The molecule has 0 radical (unpaired) electrons. The van der Waals surface area contributed by atoms with Crippen molar-refractivity contribution in [2.75, 3.05) is 20.3 Å². The molecule has 146 valence electrons. The molecule has 0 aliphatic rings. The van der Waals surface area contributed by atoms with Crippen LogP contribution in [-0.2, 0) is 14.3 Å². The highest BCUT2D eigenvalue weighted by molar-refractivity contribution is 5.99. The van der Waals surface area contributed by atoms with Crippen LogP contribution in [0.4, 0.5) is 0 Å². The minimum absolute atomic E-state index is 0.171. The number of carbonyl (C=O) groups excluding carboxylic acids is 2. The summed E-state index contributed by atoms with van der Waals surface area (Å²) in [6.45, 7) is 5.94. The second kappa shape index (κ2) is 9.42. The Morgan fingerprint density at radius 2 is 1.93 bits per heavy atom. The van der Waals surface area contributed by atoms with E-state index < -0.39 is 18.5 Å². The Kier molecular flexibility index (Phi) is 6.99. The SMILES string of the molecule is CCOc1ccc(-n2c(C)cc(/C=C(\C#N)C(=O)OCC(=O)NC)c2C)cc1. The first-order valence-electron chi connectivity index (χ1n) is 8.83. The van der Waals surface area contributed by atoms with E-state index in [-0.39, 0.29) is 5.57 Å². The van der Waals surface area contributed by atoms with E-state index in [1.807, 2.05) is 61.7 Å². The highest BCUT2D eigenvalue weighted by Gasteiger charge is 2.15. The molecule has 0 fully saturated rings. The molecule has 0 aliphatic carbocycles. The van der Waals surface area contributed by atoms with E-state index in [1.54, 1.807) is 0 Å². The first-order chi connectivity index (χ1) is 13.4. The zero-order valence-corrected chi connectivity index (χ0v) is 16.4. The predicted molar refractivity (Wildman–Crippen MR) is 105 cm³/mol. The second-order valence-corrected chi connectivity index (χ2v) is 6.01. The average molecular weight is 381 g/mol. The minimum atomic E-state index is -0.836. The molecule has 0 bridgehead atoms. The van der Waals surface area contributed by atoms with Crippen LogP contribution in [0, 0.1) is 25.2 Å². The normalized spacial score (nSPS) is 10.9. The molecular weight excluding hydrogens is 358 g/mol. The summed E-state index contributed by atoms with van der Waals surface area (Å²) in [5.74, 6) is -0.490. The molecule has 0 aliphatic heterocycles. The van der Waals surface area contributed by atoms with E-state index in [0.29, 0.717) is 6.61 Å². The number of esters is 1. The van der Waals surface area contributed by atoms with Gasteiger partial charge < -0.3 is 19.4 Å². The summed E-state index contributed by atoms with van der Waals surface area (Å²) in [5, 5.41) is 11.7. The lowest BCUT2D eigenvalue weighted by Gasteiger charge is -2.11. The van der Waals surface area contributed by atoms with Gasteiger partial charge in [0.25, 0.3) is 5.91 Å². The van der Waals surface area contributed by atoms with E-state index in [9.17, 15) is 14.9 Å².